The summed E-state index contributed by atoms with van der Waals surface area (Å²) >= 11 is 0. The Labute approximate surface area is 200 Å². The first-order valence-corrected chi connectivity index (χ1v) is 12.0. The molecule has 9 atom stereocenters. The van der Waals surface area contributed by atoms with Gasteiger partial charge in [-0.15, -0.1) is 6.58 Å². The monoisotopic (exact) mass is 478 g/mol. The van der Waals surface area contributed by atoms with Crippen molar-refractivity contribution in [1.29, 1.82) is 0 Å². The van der Waals surface area contributed by atoms with Crippen LogP contribution in [-0.2, 0) is 19.1 Å². The van der Waals surface area contributed by atoms with Crippen LogP contribution in [0.3, 0.4) is 0 Å². The molecule has 3 amide bonds. The summed E-state index contributed by atoms with van der Waals surface area (Å²) in [6.45, 7) is 13.2. The van der Waals surface area contributed by atoms with Crippen molar-refractivity contribution in [3.8, 4) is 0 Å². The lowest BCUT2D eigenvalue weighted by molar-refractivity contribution is -0.191. The zero-order valence-electron chi connectivity index (χ0n) is 20.8. The van der Waals surface area contributed by atoms with Crippen LogP contribution in [0.2, 0.25) is 0 Å². The number of primary amides is 1. The normalized spacial score (nSPS) is 42.4. The Morgan fingerprint density at radius 3 is 2.47 bits per heavy atom. The van der Waals surface area contributed by atoms with Gasteiger partial charge < -0.3 is 20.3 Å². The number of nitrogens with one attached hydrogen (secondary N) is 1. The highest BCUT2D eigenvalue weighted by molar-refractivity contribution is 5.90. The number of Topliss-reactive ketones (excluding diaryl/α,β-unsaturated/α-hetero) is 1. The fourth-order valence-electron chi connectivity index (χ4n) is 6.99. The largest absolute Gasteiger partial charge is 0.445 e. The molecule has 0 spiro atoms. The third kappa shape index (κ3) is 4.01. The zero-order valence-corrected chi connectivity index (χ0v) is 20.8. The molecule has 3 fully saturated rings. The number of rotatable bonds is 4. The molecule has 2 bridgehead atoms. The summed E-state index contributed by atoms with van der Waals surface area (Å²) in [6, 6.07) is 0. The number of amides is 3. The maximum absolute atomic E-state index is 13.3. The quantitative estimate of drug-likeness (QED) is 0.526. The predicted molar refractivity (Wildman–Crippen MR) is 123 cm³/mol. The average molecular weight is 479 g/mol. The second-order valence-corrected chi connectivity index (χ2v) is 11.1. The van der Waals surface area contributed by atoms with Crippen molar-refractivity contribution in [1.82, 2.24) is 5.32 Å². The van der Waals surface area contributed by atoms with Gasteiger partial charge in [-0.05, 0) is 49.9 Å². The van der Waals surface area contributed by atoms with Gasteiger partial charge in [0, 0.05) is 23.2 Å². The van der Waals surface area contributed by atoms with Crippen molar-refractivity contribution in [2.45, 2.75) is 85.0 Å². The molecule has 3 aliphatic carbocycles. The Kier molecular flexibility index (Phi) is 6.92. The minimum atomic E-state index is -1.22. The van der Waals surface area contributed by atoms with E-state index in [0.29, 0.717) is 12.8 Å². The second-order valence-electron chi connectivity index (χ2n) is 11.1. The molecule has 0 aliphatic heterocycles. The Morgan fingerprint density at radius 1 is 1.24 bits per heavy atom. The highest BCUT2D eigenvalue weighted by Crippen LogP contribution is 2.67. The highest BCUT2D eigenvalue weighted by atomic mass is 16.6. The van der Waals surface area contributed by atoms with E-state index in [4.69, 9.17) is 15.2 Å². The number of nitrogens with two attached hydrogens (primary N) is 1. The smallest absolute Gasteiger partial charge is 0.417 e. The van der Waals surface area contributed by atoms with Gasteiger partial charge in [0.05, 0.1) is 6.10 Å². The van der Waals surface area contributed by atoms with E-state index < -0.39 is 52.7 Å². The first kappa shape index (κ1) is 26.2. The Morgan fingerprint density at radius 2 is 1.88 bits per heavy atom. The number of hydrogen-bond acceptors (Lipinski definition) is 7. The molecule has 0 aromatic heterocycles. The minimum absolute atomic E-state index is 0.0591. The summed E-state index contributed by atoms with van der Waals surface area (Å²) in [5, 5.41) is 13.5. The topological polar surface area (TPSA) is 145 Å². The van der Waals surface area contributed by atoms with Gasteiger partial charge in [0.25, 0.3) is 5.91 Å². The first-order valence-electron chi connectivity index (χ1n) is 12.0. The van der Waals surface area contributed by atoms with Crippen LogP contribution in [0.4, 0.5) is 9.59 Å². The Balaban J connectivity index is 1.98. The lowest BCUT2D eigenvalue weighted by atomic mass is 9.44. The van der Waals surface area contributed by atoms with Gasteiger partial charge in [0.15, 0.2) is 6.10 Å². The van der Waals surface area contributed by atoms with Gasteiger partial charge >= 0.3 is 12.2 Å². The van der Waals surface area contributed by atoms with E-state index in [1.54, 1.807) is 6.08 Å². The molecule has 9 nitrogen and oxygen atoms in total. The standard InChI is InChI=1S/C25H38N2O7/c1-7-23(5)12-17(34-22(32)27-21(31)33-15(4)20(26)30)24(6)13(2)8-10-25(14(3)19(23)29)11-9-16(28)18(24)25/h7,13-15,17-19,29H,1,8-12H2,2-6H3,(H2,26,30)(H,27,31,32)/t13?,14-,15+,17+,18-,19-,23+,24+,25-/m0/s1. The van der Waals surface area contributed by atoms with Crippen LogP contribution in [0.15, 0.2) is 12.7 Å². The van der Waals surface area contributed by atoms with Crippen LogP contribution >= 0.6 is 0 Å². The van der Waals surface area contributed by atoms with E-state index in [-0.39, 0.29) is 30.0 Å². The van der Waals surface area contributed by atoms with Crippen LogP contribution in [-0.4, -0.2) is 47.3 Å². The van der Waals surface area contributed by atoms with E-state index >= 15 is 0 Å². The van der Waals surface area contributed by atoms with Gasteiger partial charge in [-0.1, -0.05) is 33.8 Å². The van der Waals surface area contributed by atoms with E-state index in [1.807, 2.05) is 26.1 Å². The molecular weight excluding hydrogens is 440 g/mol. The van der Waals surface area contributed by atoms with Gasteiger partial charge in [0.1, 0.15) is 11.9 Å². The molecule has 4 N–H and O–H groups in total. The molecule has 1 unspecified atom stereocenters. The molecule has 0 heterocycles. The maximum atomic E-state index is 13.3. The number of aliphatic hydroxyl groups is 1. The second kappa shape index (κ2) is 8.98. The average Bonchev–Trinajstić information content (AvgIpc) is 3.12. The summed E-state index contributed by atoms with van der Waals surface area (Å²) in [7, 11) is 0. The summed E-state index contributed by atoms with van der Waals surface area (Å²) in [6.07, 6.45) is -0.261. The number of imide groups is 1. The van der Waals surface area contributed by atoms with E-state index in [1.165, 1.54) is 6.92 Å². The summed E-state index contributed by atoms with van der Waals surface area (Å²) in [4.78, 5) is 49.3. The number of carbonyl (C=O) groups is 4. The Bertz CT molecular complexity index is 890. The molecule has 34 heavy (non-hydrogen) atoms. The number of carbonyl (C=O) groups excluding carboxylic acids is 4. The molecule has 190 valence electrons. The summed E-state index contributed by atoms with van der Waals surface area (Å²) in [5.41, 5.74) is 3.21. The van der Waals surface area contributed by atoms with Gasteiger partial charge in [-0.25, -0.2) is 14.9 Å². The van der Waals surface area contributed by atoms with E-state index in [9.17, 15) is 24.3 Å². The fraction of sp³-hybridized carbons (Fsp3) is 0.760. The van der Waals surface area contributed by atoms with E-state index in [0.717, 1.165) is 12.8 Å². The van der Waals surface area contributed by atoms with Crippen LogP contribution in [0, 0.1) is 34.0 Å². The summed E-state index contributed by atoms with van der Waals surface area (Å²) < 4.78 is 10.6. The maximum Gasteiger partial charge on any atom is 0.417 e. The molecule has 0 aromatic carbocycles. The third-order valence-corrected chi connectivity index (χ3v) is 9.44. The number of aliphatic hydroxyl groups excluding tert-OH is 1. The van der Waals surface area contributed by atoms with Crippen molar-refractivity contribution in [3.05, 3.63) is 12.7 Å². The third-order valence-electron chi connectivity index (χ3n) is 9.44. The zero-order chi connectivity index (χ0) is 25.6. The number of ketones is 1. The molecule has 0 aromatic rings. The van der Waals surface area contributed by atoms with Crippen molar-refractivity contribution in [2.24, 2.45) is 39.7 Å². The van der Waals surface area contributed by atoms with Crippen LogP contribution in [0.25, 0.3) is 0 Å². The van der Waals surface area contributed by atoms with Crippen molar-refractivity contribution >= 4 is 23.9 Å². The number of hydrogen-bond donors (Lipinski definition) is 3. The van der Waals surface area contributed by atoms with Gasteiger partial charge in [0.2, 0.25) is 0 Å². The Hall–Kier alpha value is -2.42. The van der Waals surface area contributed by atoms with Crippen molar-refractivity contribution in [3.63, 3.8) is 0 Å². The van der Waals surface area contributed by atoms with Crippen molar-refractivity contribution < 1.29 is 33.8 Å². The molecule has 0 saturated heterocycles. The molecule has 9 heteroatoms. The molecule has 3 saturated carbocycles. The molecular formula is C25H38N2O7. The minimum Gasteiger partial charge on any atom is -0.445 e. The van der Waals surface area contributed by atoms with E-state index in [2.05, 4.69) is 13.5 Å². The molecule has 0 radical (unpaired) electrons. The lowest BCUT2D eigenvalue weighted by Crippen LogP contribution is -2.63. The SMILES string of the molecule is C=C[C@]1(C)C[C@@H](OC(=O)NC(=O)O[C@H](C)C(N)=O)[C@@]2(C)C(C)CC[C@]3(CCC(=O)[C@H]32)[C@@H](C)[C@@H]1O. The fourth-order valence-corrected chi connectivity index (χ4v) is 6.99. The number of alkyl carbamates (subject to hydrolysis) is 2. The van der Waals surface area contributed by atoms with Crippen LogP contribution in [0.5, 0.6) is 0 Å². The van der Waals surface area contributed by atoms with Gasteiger partial charge in [-0.2, -0.15) is 0 Å². The first-order chi connectivity index (χ1) is 15.7. The van der Waals surface area contributed by atoms with Crippen LogP contribution < -0.4 is 11.1 Å². The summed E-state index contributed by atoms with van der Waals surface area (Å²) in [5.74, 6) is -1.17. The molecule has 3 rings (SSSR count). The number of ether oxygens (including phenoxy) is 2. The van der Waals surface area contributed by atoms with Crippen LogP contribution in [0.1, 0.15) is 66.7 Å². The van der Waals surface area contributed by atoms with Gasteiger partial charge in [-0.3, -0.25) is 9.59 Å². The molecule has 3 aliphatic rings. The predicted octanol–water partition coefficient (Wildman–Crippen LogP) is 3.09. The van der Waals surface area contributed by atoms with Crippen molar-refractivity contribution in [2.75, 3.05) is 0 Å². The lowest BCUT2D eigenvalue weighted by Gasteiger charge is -2.61. The highest BCUT2D eigenvalue weighted by Gasteiger charge is 2.68.